The largest absolute Gasteiger partial charge is 0.472 e. The van der Waals surface area contributed by atoms with Crippen LogP contribution < -0.4 is 4.74 Å². The topological polar surface area (TPSA) is 106 Å². The molecule has 2 aromatic carbocycles. The second-order valence-electron chi connectivity index (χ2n) is 8.18. The molecule has 9 nitrogen and oxygen atoms in total. The van der Waals surface area contributed by atoms with Crippen molar-refractivity contribution >= 4 is 23.7 Å². The van der Waals surface area contributed by atoms with E-state index in [0.29, 0.717) is 25.9 Å². The lowest BCUT2D eigenvalue weighted by Crippen LogP contribution is -2.54. The highest BCUT2D eigenvalue weighted by Crippen LogP contribution is 2.44. The Hall–Kier alpha value is -3.76. The number of hydrogen-bond acceptors (Lipinski definition) is 10. The predicted molar refractivity (Wildman–Crippen MR) is 129 cm³/mol. The van der Waals surface area contributed by atoms with Gasteiger partial charge in [0.15, 0.2) is 6.10 Å². The molecule has 3 atom stereocenters. The summed E-state index contributed by atoms with van der Waals surface area (Å²) in [6.45, 7) is -1.95. The molecule has 0 radical (unpaired) electrons. The van der Waals surface area contributed by atoms with Crippen molar-refractivity contribution in [1.29, 1.82) is 0 Å². The van der Waals surface area contributed by atoms with Gasteiger partial charge in [-0.15, -0.1) is 4.37 Å². The van der Waals surface area contributed by atoms with Gasteiger partial charge in [-0.2, -0.15) is 30.7 Å². The van der Waals surface area contributed by atoms with E-state index >= 15 is 0 Å². The van der Waals surface area contributed by atoms with Gasteiger partial charge in [0, 0.05) is 25.3 Å². The molecule has 0 aliphatic rings. The van der Waals surface area contributed by atoms with Crippen molar-refractivity contribution < 1.29 is 59.6 Å². The molecule has 0 fully saturated rings. The summed E-state index contributed by atoms with van der Waals surface area (Å²) in [4.78, 5) is 26.0. The van der Waals surface area contributed by atoms with Gasteiger partial charge < -0.3 is 23.7 Å². The summed E-state index contributed by atoms with van der Waals surface area (Å²) in [6.07, 6.45) is -11.4. The number of alkyl halides is 6. The van der Waals surface area contributed by atoms with Crippen LogP contribution in [0.15, 0.2) is 66.9 Å². The first kappa shape index (κ1) is 31.8. The summed E-state index contributed by atoms with van der Waals surface area (Å²) in [6, 6.07) is 11.6. The summed E-state index contributed by atoms with van der Waals surface area (Å²) in [7, 11) is 1.26. The molecule has 0 N–H and O–H groups in total. The van der Waals surface area contributed by atoms with Gasteiger partial charge >= 0.3 is 24.3 Å². The Morgan fingerprint density at radius 1 is 0.780 bits per heavy atom. The molecule has 0 unspecified atom stereocenters. The van der Waals surface area contributed by atoms with E-state index in [1.807, 2.05) is 0 Å². The molecule has 0 aliphatic carbocycles. The van der Waals surface area contributed by atoms with E-state index in [2.05, 4.69) is 18.2 Å². The van der Waals surface area contributed by atoms with Crippen LogP contribution in [0.2, 0.25) is 0 Å². The molecule has 16 heteroatoms. The number of esters is 2. The summed E-state index contributed by atoms with van der Waals surface area (Å²) in [5.74, 6) is -4.09. The Kier molecular flexibility index (Phi) is 9.94. The number of methoxy groups -OCH3 is 2. The number of nitrogens with zero attached hydrogens (tertiary/aromatic N) is 2. The second-order valence-corrected chi connectivity index (χ2v) is 8.74. The van der Waals surface area contributed by atoms with Crippen LogP contribution in [0, 0.1) is 0 Å². The average molecular weight is 609 g/mol. The summed E-state index contributed by atoms with van der Waals surface area (Å²) < 4.78 is 117. The number of carbonyl (C=O) groups excluding carboxylic acids is 2. The molecule has 0 amide bonds. The number of rotatable bonds is 12. The van der Waals surface area contributed by atoms with Crippen molar-refractivity contribution in [3.05, 3.63) is 78.0 Å². The lowest BCUT2D eigenvalue weighted by molar-refractivity contribution is -0.282. The molecule has 1 heterocycles. The van der Waals surface area contributed by atoms with Crippen LogP contribution in [0.4, 0.5) is 26.3 Å². The van der Waals surface area contributed by atoms with E-state index in [4.69, 9.17) is 14.2 Å². The molecule has 41 heavy (non-hydrogen) atoms. The van der Waals surface area contributed by atoms with Crippen molar-refractivity contribution in [2.24, 2.45) is 0 Å². The van der Waals surface area contributed by atoms with Crippen molar-refractivity contribution in [2.45, 2.75) is 29.7 Å². The number of hydrogen-bond donors (Lipinski definition) is 0. The first-order chi connectivity index (χ1) is 19.3. The number of ether oxygens (including phenoxy) is 5. The van der Waals surface area contributed by atoms with E-state index in [9.17, 15) is 35.9 Å². The maximum Gasteiger partial charge on any atom is 0.432 e. The van der Waals surface area contributed by atoms with Crippen molar-refractivity contribution in [1.82, 2.24) is 8.75 Å². The van der Waals surface area contributed by atoms with Crippen molar-refractivity contribution in [3.8, 4) is 5.88 Å². The molecule has 0 spiro atoms. The maximum atomic E-state index is 14.3. The summed E-state index contributed by atoms with van der Waals surface area (Å²) in [5, 5.41) is 0. The summed E-state index contributed by atoms with van der Waals surface area (Å²) in [5.41, 5.74) is -8.50. The number of benzene rings is 2. The minimum absolute atomic E-state index is 0.134. The fraction of sp³-hybridized carbons (Fsp3) is 0.360. The van der Waals surface area contributed by atoms with Crippen LogP contribution in [0.1, 0.15) is 11.1 Å². The van der Waals surface area contributed by atoms with Gasteiger partial charge in [0.2, 0.25) is 5.88 Å². The molecular weight excluding hydrogens is 586 g/mol. The highest BCUT2D eigenvalue weighted by molar-refractivity contribution is 6.99. The van der Waals surface area contributed by atoms with Gasteiger partial charge in [0.05, 0.1) is 11.7 Å². The first-order valence-electron chi connectivity index (χ1n) is 11.5. The van der Waals surface area contributed by atoms with E-state index in [1.54, 1.807) is 0 Å². The molecule has 3 rings (SSSR count). The molecule has 0 aliphatic heterocycles. The van der Waals surface area contributed by atoms with Crippen LogP contribution in [-0.2, 0) is 39.7 Å². The minimum Gasteiger partial charge on any atom is -0.472 e. The maximum absolute atomic E-state index is 14.3. The highest BCUT2D eigenvalue weighted by atomic mass is 32.1. The zero-order valence-electron chi connectivity index (χ0n) is 21.3. The van der Waals surface area contributed by atoms with Gasteiger partial charge in [0.25, 0.3) is 11.2 Å². The van der Waals surface area contributed by atoms with Crippen LogP contribution in [-0.4, -0.2) is 66.6 Å². The van der Waals surface area contributed by atoms with Gasteiger partial charge in [-0.3, -0.25) is 0 Å². The average Bonchev–Trinajstić information content (AvgIpc) is 3.45. The van der Waals surface area contributed by atoms with Crippen LogP contribution in [0.3, 0.4) is 0 Å². The molecule has 3 aromatic rings. The van der Waals surface area contributed by atoms with E-state index in [-0.39, 0.29) is 5.88 Å². The quantitative estimate of drug-likeness (QED) is 0.216. The fourth-order valence-electron chi connectivity index (χ4n) is 3.79. The molecule has 0 saturated carbocycles. The highest BCUT2D eigenvalue weighted by Gasteiger charge is 2.65. The molecule has 222 valence electrons. The predicted octanol–water partition coefficient (Wildman–Crippen LogP) is 4.58. The Balaban J connectivity index is 1.93. The Morgan fingerprint density at radius 3 is 1.68 bits per heavy atom. The third-order valence-electron chi connectivity index (χ3n) is 5.78. The van der Waals surface area contributed by atoms with Crippen molar-refractivity contribution in [3.63, 3.8) is 0 Å². The molecule has 0 saturated heterocycles. The Labute approximate surface area is 233 Å². The van der Waals surface area contributed by atoms with Crippen molar-refractivity contribution in [2.75, 3.05) is 27.4 Å². The Morgan fingerprint density at radius 2 is 1.27 bits per heavy atom. The zero-order valence-corrected chi connectivity index (χ0v) is 22.1. The van der Waals surface area contributed by atoms with Gasteiger partial charge in [-0.25, -0.2) is 9.59 Å². The normalized spacial score (nSPS) is 15.7. The monoisotopic (exact) mass is 608 g/mol. The van der Waals surface area contributed by atoms with Crippen LogP contribution in [0.25, 0.3) is 0 Å². The third kappa shape index (κ3) is 6.44. The minimum atomic E-state index is -5.35. The van der Waals surface area contributed by atoms with Gasteiger partial charge in [-0.1, -0.05) is 60.7 Å². The third-order valence-corrected chi connectivity index (χ3v) is 6.24. The standard InChI is InChI=1S/C25H22F6N2O7S/c1-36-22(24(26,27)28,16-9-5-3-6-10-16)20(34)39-15-18(14-38-19-13-32-41-33-19)40-21(35)23(37-2,25(29,30)31)17-11-7-4-8-12-17/h3-13,18H,14-15H2,1-2H3/t18-,22+,23+/m1/s1. The number of halogens is 6. The van der Waals surface area contributed by atoms with E-state index < -0.39 is 65.9 Å². The van der Waals surface area contributed by atoms with Gasteiger partial charge in [-0.05, 0) is 0 Å². The molecule has 0 bridgehead atoms. The first-order valence-corrected chi connectivity index (χ1v) is 12.2. The number of aromatic nitrogens is 2. The van der Waals surface area contributed by atoms with E-state index in [1.165, 1.54) is 36.4 Å². The lowest BCUT2D eigenvalue weighted by atomic mass is 9.92. The Bertz CT molecular complexity index is 1280. The second kappa shape index (κ2) is 12.8. The number of carbonyl (C=O) groups is 2. The van der Waals surface area contributed by atoms with E-state index in [0.717, 1.165) is 30.5 Å². The SMILES string of the molecule is CO[C@](C(=O)OC[C@@H](COc1cnsn1)OC(=O)[C@@](OC)(c1ccccc1)C(F)(F)F)(c1ccccc1)C(F)(F)F. The molecule has 1 aromatic heterocycles. The summed E-state index contributed by atoms with van der Waals surface area (Å²) >= 11 is 0.710. The fourth-order valence-corrected chi connectivity index (χ4v) is 4.16. The smallest absolute Gasteiger partial charge is 0.432 e. The lowest BCUT2D eigenvalue weighted by Gasteiger charge is -2.34. The molecular formula is C25H22F6N2O7S. The van der Waals surface area contributed by atoms with Crippen LogP contribution in [0.5, 0.6) is 5.88 Å². The van der Waals surface area contributed by atoms with Crippen LogP contribution >= 0.6 is 11.7 Å². The van der Waals surface area contributed by atoms with Gasteiger partial charge in [0.1, 0.15) is 19.4 Å². The zero-order chi connectivity index (χ0) is 30.3.